The van der Waals surface area contributed by atoms with Crippen LogP contribution >= 0.6 is 0 Å². The van der Waals surface area contributed by atoms with E-state index in [2.05, 4.69) is 15.3 Å². The fourth-order valence-electron chi connectivity index (χ4n) is 4.97. The van der Waals surface area contributed by atoms with Crippen LogP contribution in [-0.2, 0) is 41.0 Å². The van der Waals surface area contributed by atoms with Gasteiger partial charge in [-0.2, -0.15) is 13.2 Å². The first kappa shape index (κ1) is 41.4. The van der Waals surface area contributed by atoms with E-state index in [1.54, 1.807) is 12.1 Å². The zero-order valence-corrected chi connectivity index (χ0v) is 31.3. The topological polar surface area (TPSA) is 204 Å². The number of amides is 1. The minimum absolute atomic E-state index is 0. The zero-order chi connectivity index (χ0) is 37.0. The zero-order valence-electron chi connectivity index (χ0n) is 28.7. The number of benzene rings is 2. The largest absolute Gasteiger partial charge is 1.00 e. The Kier molecular flexibility index (Phi) is 13.8. The summed E-state index contributed by atoms with van der Waals surface area (Å²) in [6, 6.07) is 8.60. The molecule has 51 heavy (non-hydrogen) atoms. The van der Waals surface area contributed by atoms with E-state index >= 15 is 0 Å². The van der Waals surface area contributed by atoms with Crippen molar-refractivity contribution in [1.82, 2.24) is 19.3 Å². The van der Waals surface area contributed by atoms with E-state index < -0.39 is 76.3 Å². The predicted molar refractivity (Wildman–Crippen MR) is 172 cm³/mol. The van der Waals surface area contributed by atoms with Crippen LogP contribution in [-0.4, -0.2) is 80.1 Å². The van der Waals surface area contributed by atoms with Crippen molar-refractivity contribution in [3.8, 4) is 11.5 Å². The van der Waals surface area contributed by atoms with E-state index in [1.807, 2.05) is 0 Å². The molecule has 2 aromatic heterocycles. The minimum atomic E-state index is -4.59. The number of carboxylic acid groups (broad SMARTS) is 2. The summed E-state index contributed by atoms with van der Waals surface area (Å²) in [4.78, 5) is 42.8. The van der Waals surface area contributed by atoms with Gasteiger partial charge in [0.2, 0.25) is 5.16 Å². The van der Waals surface area contributed by atoms with Crippen molar-refractivity contribution in [1.29, 1.82) is 0 Å². The molecule has 4 aromatic rings. The normalized spacial score (nSPS) is 12.8. The van der Waals surface area contributed by atoms with E-state index in [0.717, 1.165) is 3.97 Å². The number of aliphatic carboxylic acids is 2. The second-order valence-corrected chi connectivity index (χ2v) is 14.1. The van der Waals surface area contributed by atoms with Gasteiger partial charge in [-0.1, -0.05) is 12.1 Å². The van der Waals surface area contributed by atoms with Gasteiger partial charge in [-0.3, -0.25) is 18.8 Å². The molecular formula is C31H32F3N4NaO10S2. The molecule has 0 saturated carbocycles. The number of para-hydroxylation sites is 2. The van der Waals surface area contributed by atoms with Crippen LogP contribution in [0, 0.1) is 20.8 Å². The molecule has 0 saturated heterocycles. The van der Waals surface area contributed by atoms with Gasteiger partial charge >= 0.3 is 47.7 Å². The van der Waals surface area contributed by atoms with Crippen LogP contribution in [0.1, 0.15) is 36.7 Å². The molecule has 2 atom stereocenters. The van der Waals surface area contributed by atoms with Crippen molar-refractivity contribution in [2.75, 3.05) is 13.2 Å². The summed E-state index contributed by atoms with van der Waals surface area (Å²) < 4.78 is 91.9. The number of carbonyl (C=O) groups is 3. The number of ether oxygens (including phenoxy) is 2. The van der Waals surface area contributed by atoms with Crippen LogP contribution in [0.15, 0.2) is 58.7 Å². The summed E-state index contributed by atoms with van der Waals surface area (Å²) >= 11 is 0. The first-order valence-electron chi connectivity index (χ1n) is 14.6. The summed E-state index contributed by atoms with van der Waals surface area (Å²) in [6.45, 7) is 2.16. The summed E-state index contributed by atoms with van der Waals surface area (Å²) in [5.74, 6) is -3.98. The third-order valence-electron chi connectivity index (χ3n) is 7.19. The van der Waals surface area contributed by atoms with Gasteiger partial charge in [0.1, 0.15) is 17.5 Å². The first-order chi connectivity index (χ1) is 23.4. The molecule has 0 aliphatic heterocycles. The average Bonchev–Trinajstić information content (AvgIpc) is 3.42. The van der Waals surface area contributed by atoms with Gasteiger partial charge < -0.3 is 26.4 Å². The van der Waals surface area contributed by atoms with Crippen molar-refractivity contribution in [2.24, 2.45) is 0 Å². The van der Waals surface area contributed by atoms with Gasteiger partial charge in [0, 0.05) is 18.2 Å². The Morgan fingerprint density at radius 3 is 2.31 bits per heavy atom. The number of hydrogen-bond acceptors (Lipinski definition) is 10. The van der Waals surface area contributed by atoms with Gasteiger partial charge in [0.25, 0.3) is 15.9 Å². The van der Waals surface area contributed by atoms with E-state index in [4.69, 9.17) is 14.6 Å². The molecule has 0 spiro atoms. The number of fused-ring (bicyclic) bond motifs is 1. The molecule has 14 nitrogen and oxygen atoms in total. The Labute approximate surface area is 315 Å². The van der Waals surface area contributed by atoms with Crippen LogP contribution in [0.2, 0.25) is 0 Å². The Balaban J connectivity index is 0.00000468. The number of carboxylic acids is 2. The van der Waals surface area contributed by atoms with E-state index in [1.165, 1.54) is 57.3 Å². The summed E-state index contributed by atoms with van der Waals surface area (Å²) in [5.41, 5.74) is 0.947. The number of halogens is 3. The van der Waals surface area contributed by atoms with Crippen molar-refractivity contribution in [2.45, 2.75) is 61.6 Å². The van der Waals surface area contributed by atoms with Gasteiger partial charge in [-0.05, 0) is 68.7 Å². The number of nitrogens with zero attached hydrogens (tertiary/aromatic N) is 3. The monoisotopic (exact) mass is 764 g/mol. The SMILES string of the molecule is Cc1cc(OCC(=O)NC(CCC(=O)O)C(=O)O)cc(C)c1S(=O)(=O)n1c(S(=O)Cc2nccc(OCC(F)(F)F)c2C)nc2ccccc21.[H-].[Na+]. The number of aryl methyl sites for hydroxylation is 2. The van der Waals surface area contributed by atoms with Crippen molar-refractivity contribution in [3.05, 3.63) is 71.0 Å². The Morgan fingerprint density at radius 2 is 1.71 bits per heavy atom. The Hall–Kier alpha value is -4.04. The Morgan fingerprint density at radius 1 is 1.06 bits per heavy atom. The van der Waals surface area contributed by atoms with Crippen LogP contribution in [0.25, 0.3) is 11.0 Å². The number of imidazole rings is 1. The number of nitrogens with one attached hydrogen (secondary N) is 1. The van der Waals surface area contributed by atoms with Crippen molar-refractivity contribution < 1.29 is 90.9 Å². The maximum Gasteiger partial charge on any atom is 1.00 e. The first-order valence-corrected chi connectivity index (χ1v) is 17.4. The number of pyridine rings is 1. The molecule has 0 fully saturated rings. The molecule has 0 radical (unpaired) electrons. The molecule has 270 valence electrons. The maximum absolute atomic E-state index is 14.3. The molecule has 1 amide bonds. The molecule has 2 heterocycles. The number of aromatic nitrogens is 3. The van der Waals surface area contributed by atoms with E-state index in [0.29, 0.717) is 0 Å². The van der Waals surface area contributed by atoms with Crippen LogP contribution in [0.3, 0.4) is 0 Å². The van der Waals surface area contributed by atoms with Gasteiger partial charge in [0.15, 0.2) is 13.2 Å². The molecule has 4 rings (SSSR count). The summed E-state index contributed by atoms with van der Waals surface area (Å²) in [5, 5.41) is 19.9. The van der Waals surface area contributed by atoms with E-state index in [9.17, 15) is 45.3 Å². The third kappa shape index (κ3) is 10.3. The molecule has 0 aliphatic carbocycles. The van der Waals surface area contributed by atoms with Crippen LogP contribution in [0.4, 0.5) is 13.2 Å². The average molecular weight is 765 g/mol. The number of hydrogen-bond donors (Lipinski definition) is 3. The molecule has 0 aliphatic rings. The second kappa shape index (κ2) is 17.0. The number of rotatable bonds is 15. The fraction of sp³-hybridized carbons (Fsp3) is 0.323. The molecule has 3 N–H and O–H groups in total. The standard InChI is InChI=1S/C31H31F3N4O10S2.Na.H/c1-17-12-20(47-14-26(39)36-22(29(42)43)8-9-27(40)41)13-18(2)28(17)50(45,46)38-24-7-5-4-6-21(24)37-30(38)49(44)15-23-19(3)25(10-11-35-23)48-16-31(32,33)34;;/h4-7,10-13,22H,8-9,14-16H2,1-3H3,(H,36,39)(H,40,41)(H,42,43);;/q;+1;-1. The molecule has 0 bridgehead atoms. The predicted octanol–water partition coefficient (Wildman–Crippen LogP) is 0.772. The van der Waals surface area contributed by atoms with Gasteiger partial charge in [-0.15, -0.1) is 0 Å². The second-order valence-electron chi connectivity index (χ2n) is 11.0. The van der Waals surface area contributed by atoms with Gasteiger partial charge in [0.05, 0.1) is 38.2 Å². The van der Waals surface area contributed by atoms with Gasteiger partial charge in [-0.25, -0.2) is 22.2 Å². The quantitative estimate of drug-likeness (QED) is 0.144. The summed E-state index contributed by atoms with van der Waals surface area (Å²) in [7, 11) is -6.73. The number of alkyl halides is 3. The van der Waals surface area contributed by atoms with Crippen LogP contribution < -0.4 is 44.3 Å². The Bertz CT molecular complexity index is 2080. The van der Waals surface area contributed by atoms with E-state index in [-0.39, 0.29) is 92.4 Å². The van der Waals surface area contributed by atoms with Crippen molar-refractivity contribution >= 4 is 49.7 Å². The molecular weight excluding hydrogens is 732 g/mol. The fourth-order valence-corrected chi connectivity index (χ4v) is 8.44. The smallest absolute Gasteiger partial charge is 1.00 e. The molecule has 20 heteroatoms. The van der Waals surface area contributed by atoms with Crippen molar-refractivity contribution in [3.63, 3.8) is 0 Å². The minimum Gasteiger partial charge on any atom is -1.00 e. The summed E-state index contributed by atoms with van der Waals surface area (Å²) in [6.07, 6.45) is -4.24. The third-order valence-corrected chi connectivity index (χ3v) is 10.5. The van der Waals surface area contributed by atoms with Crippen LogP contribution in [0.5, 0.6) is 11.5 Å². The molecule has 2 unspecified atom stereocenters. The number of carbonyl (C=O) groups excluding carboxylic acids is 1. The maximum atomic E-state index is 14.3. The molecule has 2 aromatic carbocycles.